The van der Waals surface area contributed by atoms with Crippen molar-refractivity contribution in [2.75, 3.05) is 5.32 Å². The predicted molar refractivity (Wildman–Crippen MR) is 68.4 cm³/mol. The summed E-state index contributed by atoms with van der Waals surface area (Å²) in [4.78, 5) is 3.82. The lowest BCUT2D eigenvalue weighted by Crippen LogP contribution is -2.06. The second kappa shape index (κ2) is 5.51. The largest absolute Gasteiger partial charge is 0.416 e. The molecule has 0 spiro atoms. The Balaban J connectivity index is 2.42. The summed E-state index contributed by atoms with van der Waals surface area (Å²) in [6.07, 6.45) is -3.10. The summed E-state index contributed by atoms with van der Waals surface area (Å²) in [6.45, 7) is 0. The van der Waals surface area contributed by atoms with Crippen LogP contribution < -0.4 is 5.32 Å². The van der Waals surface area contributed by atoms with E-state index in [1.165, 1.54) is 6.20 Å². The molecule has 1 aromatic heterocycles. The molecule has 21 heavy (non-hydrogen) atoms. The van der Waals surface area contributed by atoms with Crippen LogP contribution in [0.2, 0.25) is 0 Å². The van der Waals surface area contributed by atoms with E-state index in [1.54, 1.807) is 18.2 Å². The molecule has 0 bridgehead atoms. The van der Waals surface area contributed by atoms with Gasteiger partial charge in [0.05, 0.1) is 22.5 Å². The molecule has 2 aromatic rings. The van der Waals surface area contributed by atoms with Gasteiger partial charge in [-0.05, 0) is 30.3 Å². The smallest absolute Gasteiger partial charge is 0.352 e. The number of nitriles is 2. The van der Waals surface area contributed by atoms with Crippen LogP contribution in [0.25, 0.3) is 0 Å². The van der Waals surface area contributed by atoms with Gasteiger partial charge in [-0.25, -0.2) is 4.98 Å². The van der Waals surface area contributed by atoms with Crippen LogP contribution in [0.3, 0.4) is 0 Å². The number of rotatable bonds is 2. The lowest BCUT2D eigenvalue weighted by Gasteiger charge is -2.12. The molecule has 4 nitrogen and oxygen atoms in total. The fourth-order valence-electron chi connectivity index (χ4n) is 1.66. The first-order valence-electron chi connectivity index (χ1n) is 5.69. The van der Waals surface area contributed by atoms with E-state index < -0.39 is 11.7 Å². The van der Waals surface area contributed by atoms with Crippen molar-refractivity contribution in [2.24, 2.45) is 0 Å². The van der Waals surface area contributed by atoms with Crippen molar-refractivity contribution < 1.29 is 13.2 Å². The Kier molecular flexibility index (Phi) is 3.77. The van der Waals surface area contributed by atoms with E-state index in [-0.39, 0.29) is 16.9 Å². The Hall–Kier alpha value is -3.06. The van der Waals surface area contributed by atoms with E-state index in [1.807, 2.05) is 6.07 Å². The third-order valence-electron chi connectivity index (χ3n) is 2.65. The van der Waals surface area contributed by atoms with Gasteiger partial charge in [-0.2, -0.15) is 23.7 Å². The number of alkyl halides is 3. The van der Waals surface area contributed by atoms with Gasteiger partial charge in [0, 0.05) is 6.20 Å². The van der Waals surface area contributed by atoms with Gasteiger partial charge in [0.1, 0.15) is 12.1 Å². The molecule has 0 unspecified atom stereocenters. The Labute approximate surface area is 118 Å². The van der Waals surface area contributed by atoms with Crippen LogP contribution in [0.4, 0.5) is 24.5 Å². The molecular formula is C14H7F3N4. The summed E-state index contributed by atoms with van der Waals surface area (Å²) in [5.74, 6) is 0. The van der Waals surface area contributed by atoms with Crippen LogP contribution in [0.5, 0.6) is 0 Å². The van der Waals surface area contributed by atoms with E-state index >= 15 is 0 Å². The van der Waals surface area contributed by atoms with Crippen molar-refractivity contribution in [3.05, 3.63) is 53.3 Å². The van der Waals surface area contributed by atoms with Gasteiger partial charge in [-0.1, -0.05) is 0 Å². The summed E-state index contributed by atoms with van der Waals surface area (Å²) < 4.78 is 37.8. The maximum atomic E-state index is 12.6. The lowest BCUT2D eigenvalue weighted by molar-refractivity contribution is -0.137. The first kappa shape index (κ1) is 14.4. The highest BCUT2D eigenvalue weighted by Crippen LogP contribution is 2.32. The third-order valence-corrected chi connectivity index (χ3v) is 2.65. The van der Waals surface area contributed by atoms with Crippen molar-refractivity contribution in [1.82, 2.24) is 4.98 Å². The summed E-state index contributed by atoms with van der Waals surface area (Å²) in [7, 11) is 0. The number of aromatic nitrogens is 1. The fourth-order valence-corrected chi connectivity index (χ4v) is 1.66. The average molecular weight is 288 g/mol. The maximum absolute atomic E-state index is 12.6. The summed E-state index contributed by atoms with van der Waals surface area (Å²) >= 11 is 0. The average Bonchev–Trinajstić information content (AvgIpc) is 2.47. The van der Waals surface area contributed by atoms with Gasteiger partial charge in [-0.15, -0.1) is 0 Å². The van der Waals surface area contributed by atoms with Gasteiger partial charge < -0.3 is 5.32 Å². The zero-order valence-electron chi connectivity index (χ0n) is 10.4. The standard InChI is InChI=1S/C14H7F3N4/c15-14(16,17)10-3-4-11(9(6-10)7-18)21-12-2-1-5-20-13(12)8-19/h1-6,21H. The summed E-state index contributed by atoms with van der Waals surface area (Å²) in [5, 5.41) is 20.6. The van der Waals surface area contributed by atoms with Crippen LogP contribution in [-0.4, -0.2) is 4.98 Å². The SMILES string of the molecule is N#Cc1cc(C(F)(F)F)ccc1Nc1cccnc1C#N. The number of halogens is 3. The van der Waals surface area contributed by atoms with Crippen LogP contribution in [0.1, 0.15) is 16.8 Å². The fraction of sp³-hybridized carbons (Fsp3) is 0.0714. The zero-order valence-corrected chi connectivity index (χ0v) is 10.4. The Bertz CT molecular complexity index is 754. The maximum Gasteiger partial charge on any atom is 0.416 e. The van der Waals surface area contributed by atoms with E-state index in [9.17, 15) is 13.2 Å². The molecule has 0 aliphatic heterocycles. The van der Waals surface area contributed by atoms with E-state index in [0.29, 0.717) is 5.69 Å². The minimum atomic E-state index is -4.52. The number of pyridine rings is 1. The minimum Gasteiger partial charge on any atom is -0.352 e. The molecule has 1 heterocycles. The number of nitrogens with zero attached hydrogens (tertiary/aromatic N) is 3. The van der Waals surface area contributed by atoms with Crippen molar-refractivity contribution in [1.29, 1.82) is 10.5 Å². The van der Waals surface area contributed by atoms with Crippen molar-refractivity contribution in [3.8, 4) is 12.1 Å². The topological polar surface area (TPSA) is 72.5 Å². The van der Waals surface area contributed by atoms with Crippen molar-refractivity contribution >= 4 is 11.4 Å². The normalized spacial score (nSPS) is 10.5. The number of benzene rings is 1. The quantitative estimate of drug-likeness (QED) is 0.916. The Morgan fingerprint density at radius 1 is 1.05 bits per heavy atom. The van der Waals surface area contributed by atoms with Crippen molar-refractivity contribution in [3.63, 3.8) is 0 Å². The highest BCUT2D eigenvalue weighted by molar-refractivity contribution is 5.69. The van der Waals surface area contributed by atoms with Gasteiger partial charge in [0.25, 0.3) is 0 Å². The summed E-state index contributed by atoms with van der Waals surface area (Å²) in [5.41, 5.74) is -0.499. The molecule has 1 aromatic carbocycles. The Morgan fingerprint density at radius 3 is 2.43 bits per heavy atom. The molecule has 2 rings (SSSR count). The molecule has 0 amide bonds. The number of anilines is 2. The number of hydrogen-bond donors (Lipinski definition) is 1. The molecule has 0 aliphatic rings. The van der Waals surface area contributed by atoms with Crippen LogP contribution in [0.15, 0.2) is 36.5 Å². The van der Waals surface area contributed by atoms with E-state index in [2.05, 4.69) is 10.3 Å². The van der Waals surface area contributed by atoms with Gasteiger partial charge in [0.2, 0.25) is 0 Å². The molecule has 0 atom stereocenters. The molecule has 0 fully saturated rings. The molecule has 7 heteroatoms. The number of nitrogens with one attached hydrogen (secondary N) is 1. The first-order chi connectivity index (χ1) is 9.95. The monoisotopic (exact) mass is 288 g/mol. The molecule has 0 saturated heterocycles. The van der Waals surface area contributed by atoms with Gasteiger partial charge >= 0.3 is 6.18 Å². The molecule has 0 radical (unpaired) electrons. The highest BCUT2D eigenvalue weighted by atomic mass is 19.4. The molecule has 1 N–H and O–H groups in total. The lowest BCUT2D eigenvalue weighted by atomic mass is 10.1. The van der Waals surface area contributed by atoms with Crippen LogP contribution in [0, 0.1) is 22.7 Å². The van der Waals surface area contributed by atoms with Crippen molar-refractivity contribution in [2.45, 2.75) is 6.18 Å². The first-order valence-corrected chi connectivity index (χ1v) is 5.69. The predicted octanol–water partition coefficient (Wildman–Crippen LogP) is 3.59. The van der Waals surface area contributed by atoms with Crippen LogP contribution >= 0.6 is 0 Å². The Morgan fingerprint density at radius 2 is 1.81 bits per heavy atom. The molecule has 104 valence electrons. The van der Waals surface area contributed by atoms with Gasteiger partial charge in [-0.3, -0.25) is 0 Å². The van der Waals surface area contributed by atoms with E-state index in [4.69, 9.17) is 10.5 Å². The highest BCUT2D eigenvalue weighted by Gasteiger charge is 2.31. The molecular weight excluding hydrogens is 281 g/mol. The van der Waals surface area contributed by atoms with Crippen LogP contribution in [-0.2, 0) is 6.18 Å². The van der Waals surface area contributed by atoms with Gasteiger partial charge in [0.15, 0.2) is 5.69 Å². The zero-order chi connectivity index (χ0) is 15.5. The number of hydrogen-bond acceptors (Lipinski definition) is 4. The third kappa shape index (κ3) is 3.10. The van der Waals surface area contributed by atoms with E-state index in [0.717, 1.165) is 18.2 Å². The second-order valence-corrected chi connectivity index (χ2v) is 4.01. The summed E-state index contributed by atoms with van der Waals surface area (Å²) in [6, 6.07) is 9.44. The second-order valence-electron chi connectivity index (χ2n) is 4.01. The molecule has 0 aliphatic carbocycles. The minimum absolute atomic E-state index is 0.0845. The molecule has 0 saturated carbocycles.